The molecule has 0 radical (unpaired) electrons. The SMILES string of the molecule is CC[C@@H](Oc1ccccc1C)C(=O)N[C@H](CC)c1ccc2c(c1)CCCC2. The second kappa shape index (κ2) is 9.07. The van der Waals surface area contributed by atoms with E-state index in [4.69, 9.17) is 4.74 Å². The highest BCUT2D eigenvalue weighted by molar-refractivity contribution is 5.81. The van der Waals surface area contributed by atoms with Crippen molar-refractivity contribution in [3.63, 3.8) is 0 Å². The fraction of sp³-hybridized carbons (Fsp3) is 0.458. The van der Waals surface area contributed by atoms with Gasteiger partial charge in [0.2, 0.25) is 0 Å². The van der Waals surface area contributed by atoms with Gasteiger partial charge in [-0.15, -0.1) is 0 Å². The standard InChI is InChI=1S/C24H31NO2/c1-4-21(20-15-14-18-11-7-8-12-19(18)16-20)25-24(26)22(5-2)27-23-13-9-6-10-17(23)3/h6,9-10,13-16,21-22H,4-5,7-8,11-12H2,1-3H3,(H,25,26)/t21-,22-/m1/s1. The smallest absolute Gasteiger partial charge is 0.261 e. The lowest BCUT2D eigenvalue weighted by atomic mass is 9.88. The van der Waals surface area contributed by atoms with E-state index in [0.717, 1.165) is 24.2 Å². The molecule has 1 N–H and O–H groups in total. The van der Waals surface area contributed by atoms with Gasteiger partial charge in [-0.3, -0.25) is 4.79 Å². The maximum absolute atomic E-state index is 12.9. The van der Waals surface area contributed by atoms with Crippen LogP contribution >= 0.6 is 0 Å². The zero-order valence-electron chi connectivity index (χ0n) is 16.8. The predicted molar refractivity (Wildman–Crippen MR) is 110 cm³/mol. The van der Waals surface area contributed by atoms with Crippen LogP contribution in [0.5, 0.6) is 5.75 Å². The quantitative estimate of drug-likeness (QED) is 0.723. The molecule has 0 heterocycles. The molecule has 0 aromatic heterocycles. The van der Waals surface area contributed by atoms with E-state index < -0.39 is 6.10 Å². The molecule has 1 aliphatic rings. The Labute approximate surface area is 163 Å². The van der Waals surface area contributed by atoms with Crippen LogP contribution in [0.2, 0.25) is 0 Å². The average molecular weight is 366 g/mol. The van der Waals surface area contributed by atoms with E-state index in [2.05, 4.69) is 30.4 Å². The Morgan fingerprint density at radius 3 is 2.48 bits per heavy atom. The summed E-state index contributed by atoms with van der Waals surface area (Å²) < 4.78 is 6.02. The first kappa shape index (κ1) is 19.5. The molecule has 2 aromatic rings. The number of para-hydroxylation sites is 1. The fourth-order valence-electron chi connectivity index (χ4n) is 3.82. The molecule has 1 amide bonds. The zero-order chi connectivity index (χ0) is 19.2. The van der Waals surface area contributed by atoms with Crippen molar-refractivity contribution in [1.29, 1.82) is 0 Å². The molecule has 0 fully saturated rings. The number of hydrogen-bond acceptors (Lipinski definition) is 2. The fourth-order valence-corrected chi connectivity index (χ4v) is 3.82. The third-order valence-corrected chi connectivity index (χ3v) is 5.53. The number of carbonyl (C=O) groups is 1. The Morgan fingerprint density at radius 2 is 1.78 bits per heavy atom. The van der Waals surface area contributed by atoms with Crippen LogP contribution in [0.1, 0.15) is 67.8 Å². The summed E-state index contributed by atoms with van der Waals surface area (Å²) in [6.07, 6.45) is 5.92. The first-order valence-corrected chi connectivity index (χ1v) is 10.3. The molecule has 0 bridgehead atoms. The summed E-state index contributed by atoms with van der Waals surface area (Å²) >= 11 is 0. The van der Waals surface area contributed by atoms with E-state index >= 15 is 0 Å². The van der Waals surface area contributed by atoms with Crippen molar-refractivity contribution in [1.82, 2.24) is 5.32 Å². The lowest BCUT2D eigenvalue weighted by molar-refractivity contribution is -0.129. The number of benzene rings is 2. The normalized spacial score (nSPS) is 15.5. The van der Waals surface area contributed by atoms with E-state index in [1.807, 2.05) is 38.1 Å². The van der Waals surface area contributed by atoms with Gasteiger partial charge in [0, 0.05) is 0 Å². The highest BCUT2D eigenvalue weighted by Crippen LogP contribution is 2.26. The lowest BCUT2D eigenvalue weighted by Crippen LogP contribution is -2.40. The van der Waals surface area contributed by atoms with Gasteiger partial charge in [-0.25, -0.2) is 0 Å². The maximum atomic E-state index is 12.9. The monoisotopic (exact) mass is 365 g/mol. The van der Waals surface area contributed by atoms with E-state index in [1.54, 1.807) is 0 Å². The highest BCUT2D eigenvalue weighted by Gasteiger charge is 2.23. The number of hydrogen-bond donors (Lipinski definition) is 1. The topological polar surface area (TPSA) is 38.3 Å². The van der Waals surface area contributed by atoms with Crippen molar-refractivity contribution < 1.29 is 9.53 Å². The molecule has 0 aliphatic heterocycles. The first-order chi connectivity index (χ1) is 13.1. The Bertz CT molecular complexity index is 784. The van der Waals surface area contributed by atoms with Crippen LogP contribution in [0.3, 0.4) is 0 Å². The largest absolute Gasteiger partial charge is 0.480 e. The summed E-state index contributed by atoms with van der Waals surface area (Å²) in [6.45, 7) is 6.11. The van der Waals surface area contributed by atoms with E-state index in [-0.39, 0.29) is 11.9 Å². The zero-order valence-corrected chi connectivity index (χ0v) is 16.8. The van der Waals surface area contributed by atoms with Gasteiger partial charge in [0.25, 0.3) is 5.91 Å². The van der Waals surface area contributed by atoms with E-state index in [1.165, 1.54) is 36.0 Å². The van der Waals surface area contributed by atoms with Crippen LogP contribution in [0.4, 0.5) is 0 Å². The average Bonchev–Trinajstić information content (AvgIpc) is 2.70. The molecule has 3 nitrogen and oxygen atoms in total. The maximum Gasteiger partial charge on any atom is 0.261 e. The molecule has 3 heteroatoms. The van der Waals surface area contributed by atoms with E-state index in [9.17, 15) is 4.79 Å². The molecule has 0 saturated carbocycles. The van der Waals surface area contributed by atoms with Crippen LogP contribution in [0, 0.1) is 6.92 Å². The Kier molecular flexibility index (Phi) is 6.54. The first-order valence-electron chi connectivity index (χ1n) is 10.3. The summed E-state index contributed by atoms with van der Waals surface area (Å²) in [4.78, 5) is 12.9. The molecule has 0 unspecified atom stereocenters. The van der Waals surface area contributed by atoms with Crippen LogP contribution in [-0.4, -0.2) is 12.0 Å². The molecule has 1 aliphatic carbocycles. The van der Waals surface area contributed by atoms with Crippen molar-refractivity contribution in [2.75, 3.05) is 0 Å². The summed E-state index contributed by atoms with van der Waals surface area (Å²) in [5.74, 6) is 0.742. The van der Waals surface area contributed by atoms with Gasteiger partial charge in [0.05, 0.1) is 6.04 Å². The van der Waals surface area contributed by atoms with Crippen molar-refractivity contribution >= 4 is 5.91 Å². The van der Waals surface area contributed by atoms with Gasteiger partial charge in [-0.05, 0) is 73.8 Å². The highest BCUT2D eigenvalue weighted by atomic mass is 16.5. The van der Waals surface area contributed by atoms with Crippen LogP contribution in [-0.2, 0) is 17.6 Å². The van der Waals surface area contributed by atoms with Crippen LogP contribution < -0.4 is 10.1 Å². The second-order valence-electron chi connectivity index (χ2n) is 7.48. The van der Waals surface area contributed by atoms with Gasteiger partial charge in [-0.2, -0.15) is 0 Å². The summed E-state index contributed by atoms with van der Waals surface area (Å²) in [6, 6.07) is 14.6. The number of rotatable bonds is 7. The Morgan fingerprint density at radius 1 is 1.04 bits per heavy atom. The molecule has 144 valence electrons. The van der Waals surface area contributed by atoms with Gasteiger partial charge >= 0.3 is 0 Å². The molecular formula is C24H31NO2. The predicted octanol–water partition coefficient (Wildman–Crippen LogP) is 5.30. The summed E-state index contributed by atoms with van der Waals surface area (Å²) in [5.41, 5.74) is 5.18. The number of fused-ring (bicyclic) bond motifs is 1. The van der Waals surface area contributed by atoms with Crippen molar-refractivity contribution in [2.45, 2.75) is 71.4 Å². The Balaban J connectivity index is 1.71. The van der Waals surface area contributed by atoms with Crippen molar-refractivity contribution in [3.8, 4) is 5.75 Å². The molecule has 0 saturated heterocycles. The van der Waals surface area contributed by atoms with Gasteiger partial charge in [0.1, 0.15) is 5.75 Å². The lowest BCUT2D eigenvalue weighted by Gasteiger charge is -2.24. The minimum atomic E-state index is -0.474. The number of aryl methyl sites for hydroxylation is 3. The minimum absolute atomic E-state index is 0.0271. The molecule has 0 spiro atoms. The van der Waals surface area contributed by atoms with Crippen molar-refractivity contribution in [3.05, 3.63) is 64.7 Å². The molecule has 27 heavy (non-hydrogen) atoms. The third kappa shape index (κ3) is 4.71. The van der Waals surface area contributed by atoms with Gasteiger partial charge in [0.15, 0.2) is 6.10 Å². The van der Waals surface area contributed by atoms with Crippen LogP contribution in [0.15, 0.2) is 42.5 Å². The van der Waals surface area contributed by atoms with E-state index in [0.29, 0.717) is 6.42 Å². The number of carbonyl (C=O) groups excluding carboxylic acids is 1. The van der Waals surface area contributed by atoms with Crippen molar-refractivity contribution in [2.24, 2.45) is 0 Å². The molecule has 2 atom stereocenters. The molecule has 2 aromatic carbocycles. The van der Waals surface area contributed by atoms with Gasteiger partial charge < -0.3 is 10.1 Å². The number of amides is 1. The Hall–Kier alpha value is -2.29. The number of nitrogens with one attached hydrogen (secondary N) is 1. The summed E-state index contributed by atoms with van der Waals surface area (Å²) in [7, 11) is 0. The second-order valence-corrected chi connectivity index (χ2v) is 7.48. The summed E-state index contributed by atoms with van der Waals surface area (Å²) in [5, 5.41) is 3.22. The minimum Gasteiger partial charge on any atom is -0.480 e. The molecular weight excluding hydrogens is 334 g/mol. The van der Waals surface area contributed by atoms with Gasteiger partial charge in [-0.1, -0.05) is 50.2 Å². The third-order valence-electron chi connectivity index (χ3n) is 5.53. The molecule has 3 rings (SSSR count). The number of ether oxygens (including phenoxy) is 1. The van der Waals surface area contributed by atoms with Crippen LogP contribution in [0.25, 0.3) is 0 Å².